The second-order valence-corrected chi connectivity index (χ2v) is 5.05. The summed E-state index contributed by atoms with van der Waals surface area (Å²) in [6, 6.07) is -0.0261. The highest BCUT2D eigenvalue weighted by atomic mass is 16.2. The molecule has 1 saturated heterocycles. The van der Waals surface area contributed by atoms with Crippen molar-refractivity contribution in [2.24, 2.45) is 0 Å². The van der Waals surface area contributed by atoms with Crippen LogP contribution in [0.4, 0.5) is 0 Å². The molecule has 94 valence electrons. The summed E-state index contributed by atoms with van der Waals surface area (Å²) in [7, 11) is 0. The lowest BCUT2D eigenvalue weighted by Crippen LogP contribution is -2.46. The first-order valence-electron chi connectivity index (χ1n) is 6.38. The van der Waals surface area contributed by atoms with Crippen molar-refractivity contribution >= 4 is 11.8 Å². The molecule has 0 aromatic carbocycles. The van der Waals surface area contributed by atoms with E-state index in [4.69, 9.17) is 0 Å². The zero-order valence-corrected chi connectivity index (χ0v) is 10.6. The van der Waals surface area contributed by atoms with Gasteiger partial charge in [-0.25, -0.2) is 0 Å². The molecular formula is C13H20N2O2. The smallest absolute Gasteiger partial charge is 0.256 e. The van der Waals surface area contributed by atoms with E-state index >= 15 is 0 Å². The minimum absolute atomic E-state index is 0.0261. The van der Waals surface area contributed by atoms with Crippen LogP contribution < -0.4 is 0 Å². The van der Waals surface area contributed by atoms with E-state index in [1.54, 1.807) is 6.92 Å². The van der Waals surface area contributed by atoms with Gasteiger partial charge in [-0.05, 0) is 39.8 Å². The Hall–Kier alpha value is -1.16. The lowest BCUT2D eigenvalue weighted by Gasteiger charge is -2.32. The van der Waals surface area contributed by atoms with E-state index in [0.717, 1.165) is 19.6 Å². The number of imide groups is 1. The zero-order chi connectivity index (χ0) is 12.4. The number of hydrogen-bond donors (Lipinski definition) is 0. The number of piperidine rings is 1. The van der Waals surface area contributed by atoms with Gasteiger partial charge >= 0.3 is 0 Å². The molecule has 1 atom stereocenters. The number of carbonyl (C=O) groups is 2. The van der Waals surface area contributed by atoms with Gasteiger partial charge in [0.15, 0.2) is 0 Å². The summed E-state index contributed by atoms with van der Waals surface area (Å²) in [5.74, 6) is -0.281. The third kappa shape index (κ3) is 2.57. The molecule has 0 N–H and O–H groups in total. The molecule has 0 aliphatic carbocycles. The molecule has 0 radical (unpaired) electrons. The second-order valence-electron chi connectivity index (χ2n) is 5.05. The van der Waals surface area contributed by atoms with Crippen LogP contribution >= 0.6 is 0 Å². The maximum Gasteiger partial charge on any atom is 0.256 e. The van der Waals surface area contributed by atoms with Gasteiger partial charge < -0.3 is 4.90 Å². The summed E-state index contributed by atoms with van der Waals surface area (Å²) >= 11 is 0. The summed E-state index contributed by atoms with van der Waals surface area (Å²) in [5, 5.41) is 0. The van der Waals surface area contributed by atoms with Gasteiger partial charge in [0, 0.05) is 18.2 Å². The molecule has 2 heterocycles. The van der Waals surface area contributed by atoms with E-state index in [1.807, 2.05) is 6.92 Å². The summed E-state index contributed by atoms with van der Waals surface area (Å²) in [6.45, 7) is 6.64. The standard InChI is InChI=1S/C13H20N2O2/c1-10-8-12(16)15(13(10)17)11(2)9-14-6-4-3-5-7-14/h8,11H,3-7,9H2,1-2H3. The molecule has 2 amide bonds. The molecule has 0 aromatic heterocycles. The number of likely N-dealkylation sites (tertiary alicyclic amines) is 1. The molecule has 4 nitrogen and oxygen atoms in total. The van der Waals surface area contributed by atoms with Crippen molar-refractivity contribution in [1.82, 2.24) is 9.80 Å². The highest BCUT2D eigenvalue weighted by Gasteiger charge is 2.33. The first-order chi connectivity index (χ1) is 8.09. The molecule has 2 aliphatic heterocycles. The van der Waals surface area contributed by atoms with Crippen LogP contribution in [0.15, 0.2) is 11.6 Å². The number of carbonyl (C=O) groups excluding carboxylic acids is 2. The Labute approximate surface area is 102 Å². The fourth-order valence-corrected chi connectivity index (χ4v) is 2.62. The lowest BCUT2D eigenvalue weighted by molar-refractivity contribution is -0.139. The molecular weight excluding hydrogens is 216 g/mol. The van der Waals surface area contributed by atoms with Crippen LogP contribution in [-0.2, 0) is 9.59 Å². The van der Waals surface area contributed by atoms with E-state index in [2.05, 4.69) is 4.90 Å². The summed E-state index contributed by atoms with van der Waals surface area (Å²) < 4.78 is 0. The van der Waals surface area contributed by atoms with E-state index in [0.29, 0.717) is 5.57 Å². The van der Waals surface area contributed by atoms with Gasteiger partial charge in [0.05, 0.1) is 6.04 Å². The minimum Gasteiger partial charge on any atom is -0.301 e. The van der Waals surface area contributed by atoms with Crippen LogP contribution in [0.2, 0.25) is 0 Å². The van der Waals surface area contributed by atoms with Crippen molar-refractivity contribution in [3.05, 3.63) is 11.6 Å². The van der Waals surface area contributed by atoms with E-state index in [1.165, 1.54) is 30.2 Å². The maximum absolute atomic E-state index is 11.8. The van der Waals surface area contributed by atoms with Crippen molar-refractivity contribution in [2.45, 2.75) is 39.2 Å². The second kappa shape index (κ2) is 5.00. The van der Waals surface area contributed by atoms with Gasteiger partial charge in [0.2, 0.25) is 0 Å². The Morgan fingerprint density at radius 3 is 2.41 bits per heavy atom. The fraction of sp³-hybridized carbons (Fsp3) is 0.692. The predicted octanol–water partition coefficient (Wildman–Crippen LogP) is 1.18. The number of hydrogen-bond acceptors (Lipinski definition) is 3. The number of rotatable bonds is 3. The van der Waals surface area contributed by atoms with Crippen LogP contribution in [-0.4, -0.2) is 47.3 Å². The van der Waals surface area contributed by atoms with Crippen LogP contribution in [0.25, 0.3) is 0 Å². The van der Waals surface area contributed by atoms with Gasteiger partial charge in [-0.15, -0.1) is 0 Å². The van der Waals surface area contributed by atoms with E-state index < -0.39 is 0 Å². The number of amides is 2. The average molecular weight is 236 g/mol. The van der Waals surface area contributed by atoms with Gasteiger partial charge in [-0.1, -0.05) is 6.42 Å². The van der Waals surface area contributed by atoms with E-state index in [9.17, 15) is 9.59 Å². The third-order valence-electron chi connectivity index (χ3n) is 3.55. The molecule has 2 aliphatic rings. The molecule has 0 bridgehead atoms. The Balaban J connectivity index is 1.94. The molecule has 4 heteroatoms. The lowest BCUT2D eigenvalue weighted by atomic mass is 10.1. The summed E-state index contributed by atoms with van der Waals surface area (Å²) in [4.78, 5) is 27.2. The molecule has 17 heavy (non-hydrogen) atoms. The van der Waals surface area contributed by atoms with Gasteiger partial charge in [0.25, 0.3) is 11.8 Å². The van der Waals surface area contributed by atoms with Crippen LogP contribution in [0, 0.1) is 0 Å². The van der Waals surface area contributed by atoms with Crippen molar-refractivity contribution in [3.63, 3.8) is 0 Å². The largest absolute Gasteiger partial charge is 0.301 e. The Morgan fingerprint density at radius 2 is 1.88 bits per heavy atom. The topological polar surface area (TPSA) is 40.6 Å². The highest BCUT2D eigenvalue weighted by molar-refractivity contribution is 6.16. The van der Waals surface area contributed by atoms with E-state index in [-0.39, 0.29) is 17.9 Å². The first kappa shape index (κ1) is 12.3. The van der Waals surface area contributed by atoms with Gasteiger partial charge in [0.1, 0.15) is 0 Å². The van der Waals surface area contributed by atoms with Crippen LogP contribution in [0.3, 0.4) is 0 Å². The fourth-order valence-electron chi connectivity index (χ4n) is 2.62. The van der Waals surface area contributed by atoms with Crippen molar-refractivity contribution in [2.75, 3.05) is 19.6 Å². The molecule has 2 rings (SSSR count). The molecule has 0 spiro atoms. The normalized spacial score (nSPS) is 24.1. The quantitative estimate of drug-likeness (QED) is 0.691. The summed E-state index contributed by atoms with van der Waals surface area (Å²) in [5.41, 5.74) is 0.556. The van der Waals surface area contributed by atoms with Crippen molar-refractivity contribution < 1.29 is 9.59 Å². The monoisotopic (exact) mass is 236 g/mol. The maximum atomic E-state index is 11.8. The Bertz CT molecular complexity index is 356. The van der Waals surface area contributed by atoms with Crippen molar-refractivity contribution in [1.29, 1.82) is 0 Å². The zero-order valence-electron chi connectivity index (χ0n) is 10.6. The predicted molar refractivity (Wildman–Crippen MR) is 65.4 cm³/mol. The van der Waals surface area contributed by atoms with Crippen LogP contribution in [0.1, 0.15) is 33.1 Å². The summed E-state index contributed by atoms with van der Waals surface area (Å²) in [6.07, 6.45) is 5.19. The number of nitrogens with zero attached hydrogens (tertiary/aromatic N) is 2. The minimum atomic E-state index is -0.156. The highest BCUT2D eigenvalue weighted by Crippen LogP contribution is 2.17. The van der Waals surface area contributed by atoms with Gasteiger partial charge in [-0.3, -0.25) is 14.5 Å². The molecule has 0 saturated carbocycles. The van der Waals surface area contributed by atoms with Crippen molar-refractivity contribution in [3.8, 4) is 0 Å². The SMILES string of the molecule is CC1=CC(=O)N(C(C)CN2CCCCC2)C1=O. The first-order valence-corrected chi connectivity index (χ1v) is 6.38. The Morgan fingerprint density at radius 1 is 1.24 bits per heavy atom. The molecule has 0 aromatic rings. The van der Waals surface area contributed by atoms with Crippen LogP contribution in [0.5, 0.6) is 0 Å². The van der Waals surface area contributed by atoms with Gasteiger partial charge in [-0.2, -0.15) is 0 Å². The average Bonchev–Trinajstić information content (AvgIpc) is 2.54. The third-order valence-corrected chi connectivity index (χ3v) is 3.55. The molecule has 1 fully saturated rings. The Kier molecular flexibility index (Phi) is 3.62. The molecule has 1 unspecified atom stereocenters.